The van der Waals surface area contributed by atoms with Crippen molar-refractivity contribution in [1.82, 2.24) is 4.90 Å². The number of hydrogen-bond acceptors (Lipinski definition) is 3. The second kappa shape index (κ2) is 2.80. The fourth-order valence-corrected chi connectivity index (χ4v) is 2.01. The zero-order valence-corrected chi connectivity index (χ0v) is 7.65. The molecule has 1 aliphatic carbocycles. The lowest BCUT2D eigenvalue weighted by molar-refractivity contribution is -0.145. The summed E-state index contributed by atoms with van der Waals surface area (Å²) in [6.45, 7) is 0. The maximum absolute atomic E-state index is 11.4. The Morgan fingerprint density at radius 1 is 1.29 bits per heavy atom. The molecule has 5 heteroatoms. The summed E-state index contributed by atoms with van der Waals surface area (Å²) in [7, 11) is 0. The zero-order chi connectivity index (χ0) is 10.3. The molecule has 2 aliphatic rings. The van der Waals surface area contributed by atoms with Crippen LogP contribution in [0.3, 0.4) is 0 Å². The summed E-state index contributed by atoms with van der Waals surface area (Å²) in [5, 5.41) is 8.67. The van der Waals surface area contributed by atoms with Gasteiger partial charge in [0, 0.05) is 12.8 Å². The van der Waals surface area contributed by atoms with E-state index in [0.717, 1.165) is 0 Å². The van der Waals surface area contributed by atoms with Gasteiger partial charge >= 0.3 is 5.97 Å². The Hall–Kier alpha value is -1.39. The molecular weight excluding hydrogens is 186 g/mol. The first-order chi connectivity index (χ1) is 6.55. The number of hydrogen-bond donors (Lipinski definition) is 1. The van der Waals surface area contributed by atoms with Gasteiger partial charge in [0.05, 0.1) is 12.0 Å². The SMILES string of the molecule is O=C(O)CC1(N2C(=O)CCC2=O)CC1. The van der Waals surface area contributed by atoms with Crippen LogP contribution < -0.4 is 0 Å². The number of aliphatic carboxylic acids is 1. The van der Waals surface area contributed by atoms with E-state index in [1.54, 1.807) is 0 Å². The van der Waals surface area contributed by atoms with E-state index in [1.165, 1.54) is 4.90 Å². The third-order valence-electron chi connectivity index (χ3n) is 2.83. The highest BCUT2D eigenvalue weighted by Crippen LogP contribution is 2.46. The molecule has 14 heavy (non-hydrogen) atoms. The van der Waals surface area contributed by atoms with Crippen LogP contribution in [0.25, 0.3) is 0 Å². The zero-order valence-electron chi connectivity index (χ0n) is 7.65. The van der Waals surface area contributed by atoms with E-state index in [9.17, 15) is 14.4 Å². The molecule has 2 fully saturated rings. The van der Waals surface area contributed by atoms with E-state index in [2.05, 4.69) is 0 Å². The summed E-state index contributed by atoms with van der Waals surface area (Å²) in [6, 6.07) is 0. The fourth-order valence-electron chi connectivity index (χ4n) is 2.01. The Balaban J connectivity index is 2.17. The number of rotatable bonds is 3. The van der Waals surface area contributed by atoms with Gasteiger partial charge < -0.3 is 5.11 Å². The molecule has 0 spiro atoms. The maximum Gasteiger partial charge on any atom is 0.305 e. The molecule has 0 atom stereocenters. The molecule has 2 amide bonds. The Morgan fingerprint density at radius 2 is 1.79 bits per heavy atom. The van der Waals surface area contributed by atoms with Crippen LogP contribution in [0.1, 0.15) is 32.1 Å². The van der Waals surface area contributed by atoms with Crippen molar-refractivity contribution in [2.75, 3.05) is 0 Å². The van der Waals surface area contributed by atoms with E-state index in [0.29, 0.717) is 12.8 Å². The monoisotopic (exact) mass is 197 g/mol. The summed E-state index contributed by atoms with van der Waals surface area (Å²) in [6.07, 6.45) is 1.64. The molecule has 0 unspecified atom stereocenters. The van der Waals surface area contributed by atoms with Gasteiger partial charge in [-0.1, -0.05) is 0 Å². The van der Waals surface area contributed by atoms with Crippen molar-refractivity contribution < 1.29 is 19.5 Å². The van der Waals surface area contributed by atoms with Crippen LogP contribution in [0, 0.1) is 0 Å². The number of carboxylic acid groups (broad SMARTS) is 1. The second-order valence-electron chi connectivity index (χ2n) is 3.92. The lowest BCUT2D eigenvalue weighted by Gasteiger charge is -2.24. The van der Waals surface area contributed by atoms with Gasteiger partial charge in [0.1, 0.15) is 0 Å². The third kappa shape index (κ3) is 1.29. The van der Waals surface area contributed by atoms with Crippen LogP contribution in [0.5, 0.6) is 0 Å². The van der Waals surface area contributed by atoms with Crippen LogP contribution in [-0.4, -0.2) is 33.3 Å². The van der Waals surface area contributed by atoms with Gasteiger partial charge in [0.2, 0.25) is 11.8 Å². The van der Waals surface area contributed by atoms with Gasteiger partial charge in [-0.2, -0.15) is 0 Å². The molecule has 1 aliphatic heterocycles. The smallest absolute Gasteiger partial charge is 0.305 e. The van der Waals surface area contributed by atoms with E-state index in [-0.39, 0.29) is 31.1 Å². The third-order valence-corrected chi connectivity index (χ3v) is 2.83. The number of nitrogens with zero attached hydrogens (tertiary/aromatic N) is 1. The lowest BCUT2D eigenvalue weighted by Crippen LogP contribution is -2.42. The number of amides is 2. The van der Waals surface area contributed by atoms with E-state index >= 15 is 0 Å². The minimum absolute atomic E-state index is 0.107. The molecule has 1 saturated carbocycles. The number of carboxylic acids is 1. The average molecular weight is 197 g/mol. The number of carbonyl (C=O) groups is 3. The van der Waals surface area contributed by atoms with E-state index < -0.39 is 11.5 Å². The Bertz CT molecular complexity index is 303. The van der Waals surface area contributed by atoms with Crippen LogP contribution >= 0.6 is 0 Å². The highest BCUT2D eigenvalue weighted by molar-refractivity contribution is 6.03. The summed E-state index contributed by atoms with van der Waals surface area (Å²) >= 11 is 0. The summed E-state index contributed by atoms with van der Waals surface area (Å²) < 4.78 is 0. The molecule has 1 N–H and O–H groups in total. The Kier molecular flexibility index (Phi) is 1.83. The number of carbonyl (C=O) groups excluding carboxylic acids is 2. The van der Waals surface area contributed by atoms with Gasteiger partial charge in [-0.05, 0) is 12.8 Å². The molecule has 0 aromatic carbocycles. The normalized spacial score (nSPS) is 24.1. The lowest BCUT2D eigenvalue weighted by atomic mass is 10.1. The van der Waals surface area contributed by atoms with Crippen LogP contribution in [0.2, 0.25) is 0 Å². The minimum atomic E-state index is -0.949. The van der Waals surface area contributed by atoms with Crippen molar-refractivity contribution in [2.24, 2.45) is 0 Å². The van der Waals surface area contributed by atoms with Crippen molar-refractivity contribution in [3.8, 4) is 0 Å². The van der Waals surface area contributed by atoms with Crippen molar-refractivity contribution in [2.45, 2.75) is 37.6 Å². The molecule has 0 aromatic heterocycles. The second-order valence-corrected chi connectivity index (χ2v) is 3.92. The van der Waals surface area contributed by atoms with Gasteiger partial charge in [-0.3, -0.25) is 19.3 Å². The topological polar surface area (TPSA) is 74.7 Å². The summed E-state index contributed by atoms with van der Waals surface area (Å²) in [4.78, 5) is 34.5. The first-order valence-corrected chi connectivity index (χ1v) is 4.63. The Morgan fingerprint density at radius 3 is 2.14 bits per heavy atom. The van der Waals surface area contributed by atoms with Crippen LogP contribution in [0.4, 0.5) is 0 Å². The standard InChI is InChI=1S/C9H11NO4/c11-6-1-2-7(12)10(6)9(3-4-9)5-8(13)14/h1-5H2,(H,13,14). The first kappa shape index (κ1) is 9.18. The van der Waals surface area contributed by atoms with E-state index in [4.69, 9.17) is 5.11 Å². The average Bonchev–Trinajstić information content (AvgIpc) is 2.73. The summed E-state index contributed by atoms with van der Waals surface area (Å²) in [5.41, 5.74) is -0.670. The van der Waals surface area contributed by atoms with Gasteiger partial charge in [0.15, 0.2) is 0 Å². The first-order valence-electron chi connectivity index (χ1n) is 4.63. The quantitative estimate of drug-likeness (QED) is 0.653. The summed E-state index contributed by atoms with van der Waals surface area (Å²) in [5.74, 6) is -1.38. The van der Waals surface area contributed by atoms with Crippen molar-refractivity contribution in [3.63, 3.8) is 0 Å². The molecule has 5 nitrogen and oxygen atoms in total. The largest absolute Gasteiger partial charge is 0.481 e. The molecular formula is C9H11NO4. The van der Waals surface area contributed by atoms with Gasteiger partial charge in [0.25, 0.3) is 0 Å². The van der Waals surface area contributed by atoms with Crippen molar-refractivity contribution >= 4 is 17.8 Å². The van der Waals surface area contributed by atoms with Gasteiger partial charge in [-0.15, -0.1) is 0 Å². The fraction of sp³-hybridized carbons (Fsp3) is 0.667. The minimum Gasteiger partial charge on any atom is -0.481 e. The van der Waals surface area contributed by atoms with Crippen molar-refractivity contribution in [3.05, 3.63) is 0 Å². The van der Waals surface area contributed by atoms with Crippen LogP contribution in [0.15, 0.2) is 0 Å². The maximum atomic E-state index is 11.4. The molecule has 0 bridgehead atoms. The molecule has 0 aromatic rings. The molecule has 1 saturated heterocycles. The predicted octanol–water partition coefficient (Wildman–Crippen LogP) is 0.143. The molecule has 0 radical (unpaired) electrons. The van der Waals surface area contributed by atoms with Crippen LogP contribution in [-0.2, 0) is 14.4 Å². The highest BCUT2D eigenvalue weighted by Gasteiger charge is 2.55. The Labute approximate surface area is 80.7 Å². The molecule has 76 valence electrons. The van der Waals surface area contributed by atoms with E-state index in [1.807, 2.05) is 0 Å². The van der Waals surface area contributed by atoms with Crippen molar-refractivity contribution in [1.29, 1.82) is 0 Å². The molecule has 2 rings (SSSR count). The predicted molar refractivity (Wildman–Crippen MR) is 45.3 cm³/mol. The highest BCUT2D eigenvalue weighted by atomic mass is 16.4. The number of imide groups is 1. The molecule has 1 heterocycles. The van der Waals surface area contributed by atoms with Gasteiger partial charge in [-0.25, -0.2) is 0 Å². The number of likely N-dealkylation sites (tertiary alicyclic amines) is 1.